The number of anilines is 1. The van der Waals surface area contributed by atoms with Gasteiger partial charge in [0.05, 0.1) is 11.1 Å². The molecule has 0 fully saturated rings. The third-order valence-electron chi connectivity index (χ3n) is 3.90. The van der Waals surface area contributed by atoms with E-state index < -0.39 is 0 Å². The summed E-state index contributed by atoms with van der Waals surface area (Å²) in [6.45, 7) is 0. The summed E-state index contributed by atoms with van der Waals surface area (Å²) in [5.41, 5.74) is 9.24. The maximum absolute atomic E-state index is 9.76. The first-order valence-electron chi connectivity index (χ1n) is 7.34. The highest BCUT2D eigenvalue weighted by molar-refractivity contribution is 6.01. The number of benzene rings is 2. The molecule has 6 nitrogen and oxygen atoms in total. The van der Waals surface area contributed by atoms with Crippen molar-refractivity contribution in [3.63, 3.8) is 0 Å². The van der Waals surface area contributed by atoms with E-state index in [-0.39, 0.29) is 11.5 Å². The van der Waals surface area contributed by atoms with E-state index in [2.05, 4.69) is 9.97 Å². The van der Waals surface area contributed by atoms with Gasteiger partial charge < -0.3 is 20.5 Å². The predicted molar refractivity (Wildman–Crippen MR) is 92.0 cm³/mol. The van der Waals surface area contributed by atoms with Crippen molar-refractivity contribution in [1.29, 1.82) is 0 Å². The molecule has 0 aliphatic heterocycles. The van der Waals surface area contributed by atoms with Crippen LogP contribution < -0.4 is 5.73 Å². The van der Waals surface area contributed by atoms with E-state index in [1.807, 2.05) is 29.0 Å². The fourth-order valence-corrected chi connectivity index (χ4v) is 2.78. The molecule has 0 saturated heterocycles. The molecule has 0 aliphatic carbocycles. The van der Waals surface area contributed by atoms with Gasteiger partial charge in [-0.1, -0.05) is 18.2 Å². The molecule has 0 atom stereocenters. The maximum atomic E-state index is 9.76. The van der Waals surface area contributed by atoms with Gasteiger partial charge in [-0.3, -0.25) is 0 Å². The van der Waals surface area contributed by atoms with E-state index in [1.54, 1.807) is 30.3 Å². The second-order valence-corrected chi connectivity index (χ2v) is 5.44. The number of nitrogen functional groups attached to an aromatic ring is 1. The number of fused-ring (bicyclic) bond motifs is 1. The molecule has 24 heavy (non-hydrogen) atoms. The molecular formula is C18H14N4O2. The molecule has 0 bridgehead atoms. The Kier molecular flexibility index (Phi) is 3.09. The minimum absolute atomic E-state index is 0.169. The number of aromatic nitrogens is 3. The molecule has 0 spiro atoms. The van der Waals surface area contributed by atoms with Gasteiger partial charge in [-0.15, -0.1) is 0 Å². The van der Waals surface area contributed by atoms with Crippen molar-refractivity contribution in [2.45, 2.75) is 0 Å². The Balaban J connectivity index is 2.03. The highest BCUT2D eigenvalue weighted by atomic mass is 16.3. The van der Waals surface area contributed by atoms with Crippen LogP contribution in [0.2, 0.25) is 0 Å². The van der Waals surface area contributed by atoms with Crippen LogP contribution in [0.4, 0.5) is 5.82 Å². The van der Waals surface area contributed by atoms with Crippen molar-refractivity contribution >= 4 is 16.9 Å². The fraction of sp³-hybridized carbons (Fsp3) is 0. The van der Waals surface area contributed by atoms with E-state index in [4.69, 9.17) is 5.73 Å². The van der Waals surface area contributed by atoms with E-state index in [0.717, 1.165) is 22.2 Å². The van der Waals surface area contributed by atoms with Crippen molar-refractivity contribution in [3.05, 3.63) is 61.1 Å². The fourth-order valence-electron chi connectivity index (χ4n) is 2.78. The summed E-state index contributed by atoms with van der Waals surface area (Å²) in [7, 11) is 0. The molecule has 0 radical (unpaired) electrons. The second-order valence-electron chi connectivity index (χ2n) is 5.44. The Hall–Kier alpha value is -3.54. The first kappa shape index (κ1) is 14.1. The zero-order chi connectivity index (χ0) is 16.7. The maximum Gasteiger partial charge on any atom is 0.150 e. The first-order valence-corrected chi connectivity index (χ1v) is 7.34. The van der Waals surface area contributed by atoms with Crippen LogP contribution in [-0.4, -0.2) is 24.7 Å². The molecular weight excluding hydrogens is 304 g/mol. The van der Waals surface area contributed by atoms with Gasteiger partial charge in [0.1, 0.15) is 23.6 Å². The van der Waals surface area contributed by atoms with Crippen LogP contribution in [0.5, 0.6) is 11.5 Å². The largest absolute Gasteiger partial charge is 0.508 e. The number of phenols is 2. The summed E-state index contributed by atoms with van der Waals surface area (Å²) in [5.74, 6) is 0.740. The second kappa shape index (κ2) is 5.27. The predicted octanol–water partition coefficient (Wildman–Crippen LogP) is 3.08. The molecule has 4 N–H and O–H groups in total. The molecule has 2 aromatic carbocycles. The minimum atomic E-state index is 0.169. The highest BCUT2D eigenvalue weighted by Gasteiger charge is 2.16. The quantitative estimate of drug-likeness (QED) is 0.528. The molecule has 2 aromatic heterocycles. The standard InChI is InChI=1S/C18H14N4O2/c19-17-16-15(11-4-6-13(23)7-5-11)9-22(18(16)21-10-20-17)12-2-1-3-14(24)8-12/h1-10,23-24H,(H2,19,20,21). The molecule has 0 aliphatic rings. The molecule has 0 unspecified atom stereocenters. The van der Waals surface area contributed by atoms with E-state index in [0.29, 0.717) is 11.5 Å². The average molecular weight is 318 g/mol. The molecule has 0 amide bonds. The summed E-state index contributed by atoms with van der Waals surface area (Å²) in [4.78, 5) is 8.44. The summed E-state index contributed by atoms with van der Waals surface area (Å²) in [6, 6.07) is 13.8. The number of phenolic OH excluding ortho intramolecular Hbond substituents is 2. The summed E-state index contributed by atoms with van der Waals surface area (Å²) < 4.78 is 1.86. The third kappa shape index (κ3) is 2.21. The lowest BCUT2D eigenvalue weighted by Crippen LogP contribution is -1.96. The van der Waals surface area contributed by atoms with Crippen LogP contribution in [0.1, 0.15) is 0 Å². The lowest BCUT2D eigenvalue weighted by molar-refractivity contribution is 0.474. The van der Waals surface area contributed by atoms with Gasteiger partial charge in [-0.05, 0) is 29.8 Å². The lowest BCUT2D eigenvalue weighted by Gasteiger charge is -2.04. The minimum Gasteiger partial charge on any atom is -0.508 e. The normalized spacial score (nSPS) is 11.0. The molecule has 0 saturated carbocycles. The SMILES string of the molecule is Nc1ncnc2c1c(-c1ccc(O)cc1)cn2-c1cccc(O)c1. The van der Waals surface area contributed by atoms with E-state index in [1.165, 1.54) is 6.33 Å². The zero-order valence-electron chi connectivity index (χ0n) is 12.6. The van der Waals surface area contributed by atoms with E-state index >= 15 is 0 Å². The summed E-state index contributed by atoms with van der Waals surface area (Å²) in [5, 5.41) is 20.0. The number of nitrogens with two attached hydrogens (primary N) is 1. The van der Waals surface area contributed by atoms with Crippen molar-refractivity contribution < 1.29 is 10.2 Å². The number of hydrogen-bond acceptors (Lipinski definition) is 5. The number of aromatic hydroxyl groups is 2. The van der Waals surface area contributed by atoms with Crippen LogP contribution in [0.15, 0.2) is 61.1 Å². The van der Waals surface area contributed by atoms with Gasteiger partial charge in [0.15, 0.2) is 5.65 Å². The molecule has 118 valence electrons. The van der Waals surface area contributed by atoms with Crippen molar-refractivity contribution in [3.8, 4) is 28.3 Å². The van der Waals surface area contributed by atoms with Crippen molar-refractivity contribution in [1.82, 2.24) is 14.5 Å². The third-order valence-corrected chi connectivity index (χ3v) is 3.90. The van der Waals surface area contributed by atoms with Crippen molar-refractivity contribution in [2.24, 2.45) is 0 Å². The lowest BCUT2D eigenvalue weighted by atomic mass is 10.1. The molecule has 4 aromatic rings. The Morgan fingerprint density at radius 2 is 1.71 bits per heavy atom. The molecule has 2 heterocycles. The topological polar surface area (TPSA) is 97.2 Å². The monoisotopic (exact) mass is 318 g/mol. The van der Waals surface area contributed by atoms with Gasteiger partial charge in [-0.2, -0.15) is 0 Å². The van der Waals surface area contributed by atoms with Crippen LogP contribution in [0.25, 0.3) is 27.8 Å². The molecule has 6 heteroatoms. The average Bonchev–Trinajstić information content (AvgIpc) is 2.97. The highest BCUT2D eigenvalue weighted by Crippen LogP contribution is 2.35. The Morgan fingerprint density at radius 3 is 2.46 bits per heavy atom. The Bertz CT molecular complexity index is 1040. The van der Waals surface area contributed by atoms with Gasteiger partial charge in [0, 0.05) is 17.8 Å². The van der Waals surface area contributed by atoms with Gasteiger partial charge >= 0.3 is 0 Å². The summed E-state index contributed by atoms with van der Waals surface area (Å²) >= 11 is 0. The van der Waals surface area contributed by atoms with Crippen LogP contribution >= 0.6 is 0 Å². The van der Waals surface area contributed by atoms with Gasteiger partial charge in [-0.25, -0.2) is 9.97 Å². The number of hydrogen-bond donors (Lipinski definition) is 3. The first-order chi connectivity index (χ1) is 11.6. The number of nitrogens with zero attached hydrogens (tertiary/aromatic N) is 3. The van der Waals surface area contributed by atoms with Crippen LogP contribution in [0, 0.1) is 0 Å². The number of rotatable bonds is 2. The van der Waals surface area contributed by atoms with Crippen molar-refractivity contribution in [2.75, 3.05) is 5.73 Å². The Labute approximate surface area is 137 Å². The molecule has 4 rings (SSSR count). The zero-order valence-corrected chi connectivity index (χ0v) is 12.6. The van der Waals surface area contributed by atoms with Crippen LogP contribution in [-0.2, 0) is 0 Å². The van der Waals surface area contributed by atoms with Gasteiger partial charge in [0.25, 0.3) is 0 Å². The Morgan fingerprint density at radius 1 is 0.917 bits per heavy atom. The smallest absolute Gasteiger partial charge is 0.150 e. The van der Waals surface area contributed by atoms with Gasteiger partial charge in [0.2, 0.25) is 0 Å². The van der Waals surface area contributed by atoms with E-state index in [9.17, 15) is 10.2 Å². The summed E-state index contributed by atoms with van der Waals surface area (Å²) in [6.07, 6.45) is 3.31. The van der Waals surface area contributed by atoms with Crippen LogP contribution in [0.3, 0.4) is 0 Å².